The van der Waals surface area contributed by atoms with Gasteiger partial charge in [-0.25, -0.2) is 0 Å². The predicted molar refractivity (Wildman–Crippen MR) is 81.4 cm³/mol. The summed E-state index contributed by atoms with van der Waals surface area (Å²) < 4.78 is 76.3. The lowest BCUT2D eigenvalue weighted by Gasteiger charge is -2.11. The third-order valence-corrected chi connectivity index (χ3v) is 3.99. The highest BCUT2D eigenvalue weighted by Crippen LogP contribution is 2.37. The quantitative estimate of drug-likeness (QED) is 0.385. The first-order valence-electron chi connectivity index (χ1n) is 6.40. The second-order valence-corrected chi connectivity index (χ2v) is 5.54. The minimum atomic E-state index is -4.57. The van der Waals surface area contributed by atoms with Crippen LogP contribution in [0.5, 0.6) is 0 Å². The van der Waals surface area contributed by atoms with Gasteiger partial charge in [-0.3, -0.25) is 0 Å². The lowest BCUT2D eigenvalue weighted by Crippen LogP contribution is -2.05. The van der Waals surface area contributed by atoms with Crippen molar-refractivity contribution in [1.29, 1.82) is 0 Å². The molecule has 24 heavy (non-hydrogen) atoms. The summed E-state index contributed by atoms with van der Waals surface area (Å²) in [6, 6.07) is 8.10. The molecule has 2 rings (SSSR count). The zero-order chi connectivity index (χ0) is 18.1. The summed E-state index contributed by atoms with van der Waals surface area (Å²) in [5.41, 5.74) is -1.97. The summed E-state index contributed by atoms with van der Waals surface area (Å²) in [4.78, 5) is 0. The molecular weight excluding hydrogens is 377 g/mol. The van der Waals surface area contributed by atoms with Gasteiger partial charge in [-0.1, -0.05) is 47.5 Å². The van der Waals surface area contributed by atoms with E-state index in [0.29, 0.717) is 0 Å². The summed E-state index contributed by atoms with van der Waals surface area (Å²) in [5.74, 6) is 0. The summed E-state index contributed by atoms with van der Waals surface area (Å²) in [6.07, 6.45) is -9.15. The van der Waals surface area contributed by atoms with Gasteiger partial charge in [-0.2, -0.15) is 26.3 Å². The van der Waals surface area contributed by atoms with Crippen LogP contribution in [0.3, 0.4) is 0 Å². The van der Waals surface area contributed by atoms with E-state index in [-0.39, 0.29) is 21.2 Å². The Labute approximate surface area is 143 Å². The summed E-state index contributed by atoms with van der Waals surface area (Å²) in [7, 11) is 0. The molecule has 0 bridgehead atoms. The molecule has 0 aliphatic rings. The van der Waals surface area contributed by atoms with Gasteiger partial charge in [0.1, 0.15) is 0 Å². The standard InChI is InChI=1S/C16H8Cl2F6/c17-13(9-3-1-5-11(7-9)15(19,20)21)14(18)10-4-2-6-12(8-10)16(22,23)24/h1-8H. The van der Waals surface area contributed by atoms with E-state index in [9.17, 15) is 26.3 Å². The predicted octanol–water partition coefficient (Wildman–Crippen LogP) is 7.03. The Morgan fingerprint density at radius 3 is 1.25 bits per heavy atom. The van der Waals surface area contributed by atoms with Gasteiger partial charge in [0.05, 0.1) is 21.2 Å². The fourth-order valence-electron chi connectivity index (χ4n) is 1.92. The Morgan fingerprint density at radius 1 is 0.625 bits per heavy atom. The molecule has 0 heterocycles. The first-order chi connectivity index (χ1) is 11.0. The van der Waals surface area contributed by atoms with Gasteiger partial charge in [0.2, 0.25) is 0 Å². The van der Waals surface area contributed by atoms with Crippen molar-refractivity contribution >= 4 is 33.3 Å². The van der Waals surface area contributed by atoms with Gasteiger partial charge >= 0.3 is 12.4 Å². The molecule has 2 aromatic rings. The molecule has 0 aliphatic carbocycles. The summed E-state index contributed by atoms with van der Waals surface area (Å²) >= 11 is 12.0. The van der Waals surface area contributed by atoms with Gasteiger partial charge < -0.3 is 0 Å². The van der Waals surface area contributed by atoms with E-state index in [0.717, 1.165) is 36.4 Å². The topological polar surface area (TPSA) is 0 Å². The van der Waals surface area contributed by atoms with Crippen LogP contribution in [0, 0.1) is 0 Å². The van der Waals surface area contributed by atoms with Gasteiger partial charge in [0.25, 0.3) is 0 Å². The molecule has 0 aliphatic heterocycles. The Kier molecular flexibility index (Phi) is 5.20. The van der Waals surface area contributed by atoms with Gasteiger partial charge in [-0.15, -0.1) is 0 Å². The van der Waals surface area contributed by atoms with Crippen molar-refractivity contribution in [2.45, 2.75) is 12.4 Å². The highest BCUT2D eigenvalue weighted by molar-refractivity contribution is 6.65. The average molecular weight is 385 g/mol. The molecule has 2 aromatic carbocycles. The molecule has 0 spiro atoms. The smallest absolute Gasteiger partial charge is 0.166 e. The first-order valence-corrected chi connectivity index (χ1v) is 7.16. The third-order valence-electron chi connectivity index (χ3n) is 3.08. The van der Waals surface area contributed by atoms with E-state index in [1.807, 2.05) is 0 Å². The molecule has 0 saturated heterocycles. The van der Waals surface area contributed by atoms with Crippen LogP contribution in [-0.4, -0.2) is 0 Å². The molecule has 0 unspecified atom stereocenters. The van der Waals surface area contributed by atoms with Crippen molar-refractivity contribution in [3.8, 4) is 0 Å². The Balaban J connectivity index is 2.49. The van der Waals surface area contributed by atoms with Gasteiger partial charge in [0.15, 0.2) is 0 Å². The lowest BCUT2D eigenvalue weighted by molar-refractivity contribution is -0.138. The number of halogens is 8. The molecule has 0 atom stereocenters. The first kappa shape index (κ1) is 18.7. The second-order valence-electron chi connectivity index (χ2n) is 4.79. The monoisotopic (exact) mass is 384 g/mol. The third kappa shape index (κ3) is 4.24. The maximum Gasteiger partial charge on any atom is 0.416 e. The van der Waals surface area contributed by atoms with Gasteiger partial charge in [0, 0.05) is 0 Å². The van der Waals surface area contributed by atoms with E-state index >= 15 is 0 Å². The molecule has 8 heteroatoms. The molecule has 0 amide bonds. The minimum absolute atomic E-state index is 0.0473. The van der Waals surface area contributed by atoms with Crippen molar-refractivity contribution in [1.82, 2.24) is 0 Å². The van der Waals surface area contributed by atoms with Crippen molar-refractivity contribution in [3.63, 3.8) is 0 Å². The van der Waals surface area contributed by atoms with E-state index in [4.69, 9.17) is 23.2 Å². The fourth-order valence-corrected chi connectivity index (χ4v) is 2.37. The molecule has 0 saturated carbocycles. The molecule has 0 aromatic heterocycles. The lowest BCUT2D eigenvalue weighted by atomic mass is 10.1. The van der Waals surface area contributed by atoms with Crippen molar-refractivity contribution in [2.24, 2.45) is 0 Å². The highest BCUT2D eigenvalue weighted by Gasteiger charge is 2.31. The molecule has 0 nitrogen and oxygen atoms in total. The van der Waals surface area contributed by atoms with Crippen molar-refractivity contribution < 1.29 is 26.3 Å². The van der Waals surface area contributed by atoms with Crippen LogP contribution in [-0.2, 0) is 12.4 Å². The number of hydrogen-bond donors (Lipinski definition) is 0. The zero-order valence-electron chi connectivity index (χ0n) is 11.6. The molecular formula is C16H8Cl2F6. The van der Waals surface area contributed by atoms with Crippen LogP contribution in [0.2, 0.25) is 0 Å². The maximum absolute atomic E-state index is 12.7. The van der Waals surface area contributed by atoms with Crippen LogP contribution < -0.4 is 0 Å². The molecule has 0 fully saturated rings. The largest absolute Gasteiger partial charge is 0.416 e. The maximum atomic E-state index is 12.7. The summed E-state index contributed by atoms with van der Waals surface area (Å²) in [5, 5.41) is -0.552. The van der Waals surface area contributed by atoms with Gasteiger partial charge in [-0.05, 0) is 35.4 Å². The fraction of sp³-hybridized carbons (Fsp3) is 0.125. The Hall–Kier alpha value is -1.66. The zero-order valence-corrected chi connectivity index (χ0v) is 13.2. The van der Waals surface area contributed by atoms with E-state index < -0.39 is 23.5 Å². The molecule has 0 N–H and O–H groups in total. The minimum Gasteiger partial charge on any atom is -0.166 e. The number of hydrogen-bond acceptors (Lipinski definition) is 0. The number of alkyl halides is 6. The summed E-state index contributed by atoms with van der Waals surface area (Å²) in [6.45, 7) is 0. The van der Waals surface area contributed by atoms with E-state index in [1.165, 1.54) is 12.1 Å². The Bertz CT molecular complexity index is 709. The SMILES string of the molecule is FC(F)(F)c1cccc(C(Cl)=C(Cl)c2cccc(C(F)(F)F)c2)c1. The number of benzene rings is 2. The second kappa shape index (κ2) is 6.69. The van der Waals surface area contributed by atoms with E-state index in [2.05, 4.69) is 0 Å². The van der Waals surface area contributed by atoms with Crippen molar-refractivity contribution in [2.75, 3.05) is 0 Å². The van der Waals surface area contributed by atoms with Crippen LogP contribution >= 0.6 is 23.2 Å². The van der Waals surface area contributed by atoms with Crippen LogP contribution in [0.1, 0.15) is 22.3 Å². The van der Waals surface area contributed by atoms with E-state index in [1.54, 1.807) is 0 Å². The molecule has 128 valence electrons. The highest BCUT2D eigenvalue weighted by atomic mass is 35.5. The average Bonchev–Trinajstić information content (AvgIpc) is 2.52. The van der Waals surface area contributed by atoms with Crippen LogP contribution in [0.15, 0.2) is 48.5 Å². The van der Waals surface area contributed by atoms with Crippen LogP contribution in [0.4, 0.5) is 26.3 Å². The van der Waals surface area contributed by atoms with Crippen molar-refractivity contribution in [3.05, 3.63) is 70.8 Å². The molecule has 0 radical (unpaired) electrons. The Morgan fingerprint density at radius 2 is 0.958 bits per heavy atom. The normalized spacial score (nSPS) is 13.7. The van der Waals surface area contributed by atoms with Crippen LogP contribution in [0.25, 0.3) is 10.1 Å². The number of rotatable bonds is 2.